The van der Waals surface area contributed by atoms with Gasteiger partial charge in [-0.05, 0) is 5.56 Å². The van der Waals surface area contributed by atoms with Crippen LogP contribution in [0.2, 0.25) is 0 Å². The molecule has 1 saturated heterocycles. The van der Waals surface area contributed by atoms with Crippen LogP contribution in [0.1, 0.15) is 11.6 Å². The molecule has 1 heterocycles. The van der Waals surface area contributed by atoms with Crippen LogP contribution in [0.15, 0.2) is 30.3 Å². The van der Waals surface area contributed by atoms with Crippen molar-refractivity contribution in [3.8, 4) is 0 Å². The van der Waals surface area contributed by atoms with Gasteiger partial charge in [-0.2, -0.15) is 0 Å². The molecule has 0 aromatic heterocycles. The average Bonchev–Trinajstić information content (AvgIpc) is 2.90. The molecule has 3 N–H and O–H groups in total. The minimum atomic E-state index is -0.323. The lowest BCUT2D eigenvalue weighted by Crippen LogP contribution is -2.44. The van der Waals surface area contributed by atoms with Crippen LogP contribution in [0.5, 0.6) is 0 Å². The molecule has 1 aromatic rings. The van der Waals surface area contributed by atoms with Crippen molar-refractivity contribution in [2.45, 2.75) is 12.1 Å². The number of thioether (sulfide) groups is 1. The maximum absolute atomic E-state index is 11.9. The third-order valence-electron chi connectivity index (χ3n) is 2.73. The molecular formula is C12H16N2O2S. The van der Waals surface area contributed by atoms with Crippen LogP contribution in [0.4, 0.5) is 0 Å². The summed E-state index contributed by atoms with van der Waals surface area (Å²) in [4.78, 5) is 11.9. The summed E-state index contributed by atoms with van der Waals surface area (Å²) < 4.78 is 0. The second kappa shape index (κ2) is 6.05. The predicted molar refractivity (Wildman–Crippen MR) is 68.7 cm³/mol. The second-order valence-corrected chi connectivity index (χ2v) is 4.96. The molecule has 4 nitrogen and oxygen atoms in total. The molecule has 0 aliphatic carbocycles. The average molecular weight is 252 g/mol. The SMILES string of the molecule is O=C(NC(CO)c1ccccc1)C1CSCN1. The molecule has 92 valence electrons. The van der Waals surface area contributed by atoms with Crippen molar-refractivity contribution in [2.24, 2.45) is 0 Å². The van der Waals surface area contributed by atoms with Crippen molar-refractivity contribution in [2.75, 3.05) is 18.2 Å². The van der Waals surface area contributed by atoms with Gasteiger partial charge in [0.05, 0.1) is 18.7 Å². The van der Waals surface area contributed by atoms with E-state index in [2.05, 4.69) is 10.6 Å². The standard InChI is InChI=1S/C12H16N2O2S/c15-6-10(9-4-2-1-3-5-9)14-12(16)11-7-17-8-13-11/h1-5,10-11,13,15H,6-8H2,(H,14,16). The molecule has 17 heavy (non-hydrogen) atoms. The van der Waals surface area contributed by atoms with E-state index in [1.807, 2.05) is 30.3 Å². The van der Waals surface area contributed by atoms with Gasteiger partial charge >= 0.3 is 0 Å². The fraction of sp³-hybridized carbons (Fsp3) is 0.417. The Balaban J connectivity index is 1.97. The van der Waals surface area contributed by atoms with Crippen LogP contribution in [0.3, 0.4) is 0 Å². The predicted octanol–water partition coefficient (Wildman–Crippen LogP) is 0.499. The van der Waals surface area contributed by atoms with E-state index in [-0.39, 0.29) is 24.6 Å². The molecule has 2 rings (SSSR count). The number of rotatable bonds is 4. The minimum absolute atomic E-state index is 0.0436. The van der Waals surface area contributed by atoms with E-state index in [1.165, 1.54) is 0 Å². The number of aliphatic hydroxyl groups is 1. The van der Waals surface area contributed by atoms with Gasteiger partial charge in [-0.25, -0.2) is 0 Å². The highest BCUT2D eigenvalue weighted by Gasteiger charge is 2.24. The van der Waals surface area contributed by atoms with E-state index < -0.39 is 0 Å². The van der Waals surface area contributed by atoms with Crippen LogP contribution in [-0.2, 0) is 4.79 Å². The van der Waals surface area contributed by atoms with Crippen molar-refractivity contribution in [1.82, 2.24) is 10.6 Å². The summed E-state index contributed by atoms with van der Waals surface area (Å²) in [5.41, 5.74) is 0.925. The first-order valence-corrected chi connectivity index (χ1v) is 6.74. The molecule has 0 radical (unpaired) electrons. The highest BCUT2D eigenvalue weighted by Crippen LogP contribution is 2.14. The van der Waals surface area contributed by atoms with Crippen molar-refractivity contribution >= 4 is 17.7 Å². The van der Waals surface area contributed by atoms with Crippen molar-refractivity contribution in [3.05, 3.63) is 35.9 Å². The Kier molecular flexibility index (Phi) is 4.42. The smallest absolute Gasteiger partial charge is 0.238 e. The summed E-state index contributed by atoms with van der Waals surface area (Å²) in [7, 11) is 0. The van der Waals surface area contributed by atoms with Gasteiger partial charge in [0.1, 0.15) is 0 Å². The number of amides is 1. The third kappa shape index (κ3) is 3.21. The lowest BCUT2D eigenvalue weighted by molar-refractivity contribution is -0.123. The number of nitrogens with one attached hydrogen (secondary N) is 2. The number of hydrogen-bond donors (Lipinski definition) is 3. The third-order valence-corrected chi connectivity index (χ3v) is 3.67. The molecule has 2 unspecified atom stereocenters. The summed E-state index contributed by atoms with van der Waals surface area (Å²) in [5, 5.41) is 15.3. The maximum Gasteiger partial charge on any atom is 0.238 e. The number of carbonyl (C=O) groups is 1. The highest BCUT2D eigenvalue weighted by molar-refractivity contribution is 7.99. The largest absolute Gasteiger partial charge is 0.394 e. The zero-order chi connectivity index (χ0) is 12.1. The van der Waals surface area contributed by atoms with Gasteiger partial charge in [-0.3, -0.25) is 10.1 Å². The Morgan fingerprint density at radius 2 is 2.29 bits per heavy atom. The molecule has 2 atom stereocenters. The molecule has 0 saturated carbocycles. The molecule has 1 aliphatic heterocycles. The maximum atomic E-state index is 11.9. The Labute approximate surface area is 105 Å². The minimum Gasteiger partial charge on any atom is -0.394 e. The van der Waals surface area contributed by atoms with Gasteiger partial charge in [0.15, 0.2) is 0 Å². The Morgan fingerprint density at radius 1 is 1.53 bits per heavy atom. The number of benzene rings is 1. The van der Waals surface area contributed by atoms with Crippen LogP contribution < -0.4 is 10.6 Å². The molecule has 1 fully saturated rings. The second-order valence-electron chi connectivity index (χ2n) is 3.93. The summed E-state index contributed by atoms with van der Waals surface area (Å²) in [5.74, 6) is 1.56. The topological polar surface area (TPSA) is 61.4 Å². The molecule has 0 spiro atoms. The van der Waals surface area contributed by atoms with Crippen LogP contribution in [-0.4, -0.2) is 35.3 Å². The molecule has 5 heteroatoms. The lowest BCUT2D eigenvalue weighted by Gasteiger charge is -2.19. The van der Waals surface area contributed by atoms with Crippen LogP contribution in [0, 0.1) is 0 Å². The van der Waals surface area contributed by atoms with Gasteiger partial charge in [-0.15, -0.1) is 11.8 Å². The first-order valence-electron chi connectivity index (χ1n) is 5.58. The molecule has 0 bridgehead atoms. The van der Waals surface area contributed by atoms with Crippen LogP contribution >= 0.6 is 11.8 Å². The normalized spacial score (nSPS) is 21.1. The molecule has 1 aromatic carbocycles. The zero-order valence-electron chi connectivity index (χ0n) is 9.43. The first-order chi connectivity index (χ1) is 8.31. The summed E-state index contributed by atoms with van der Waals surface area (Å²) in [6.07, 6.45) is 0. The Hall–Kier alpha value is -1.04. The summed E-state index contributed by atoms with van der Waals surface area (Å²) in [6, 6.07) is 9.04. The van der Waals surface area contributed by atoms with Gasteiger partial charge < -0.3 is 10.4 Å². The van der Waals surface area contributed by atoms with Gasteiger partial charge in [0, 0.05) is 11.6 Å². The van der Waals surface area contributed by atoms with E-state index >= 15 is 0 Å². The van der Waals surface area contributed by atoms with Crippen LogP contribution in [0.25, 0.3) is 0 Å². The van der Waals surface area contributed by atoms with E-state index in [0.717, 1.165) is 17.2 Å². The van der Waals surface area contributed by atoms with E-state index in [4.69, 9.17) is 0 Å². The van der Waals surface area contributed by atoms with Crippen molar-refractivity contribution in [1.29, 1.82) is 0 Å². The molecule has 1 amide bonds. The lowest BCUT2D eigenvalue weighted by atomic mass is 10.1. The Morgan fingerprint density at radius 3 is 2.88 bits per heavy atom. The number of hydrogen-bond acceptors (Lipinski definition) is 4. The summed E-state index contributed by atoms with van der Waals surface area (Å²) >= 11 is 1.71. The summed E-state index contributed by atoms with van der Waals surface area (Å²) in [6.45, 7) is -0.0877. The van der Waals surface area contributed by atoms with Gasteiger partial charge in [-0.1, -0.05) is 30.3 Å². The molecular weight excluding hydrogens is 236 g/mol. The van der Waals surface area contributed by atoms with Gasteiger partial charge in [0.25, 0.3) is 0 Å². The van der Waals surface area contributed by atoms with Crippen molar-refractivity contribution in [3.63, 3.8) is 0 Å². The Bertz CT molecular complexity index is 366. The fourth-order valence-electron chi connectivity index (χ4n) is 1.76. The fourth-order valence-corrected chi connectivity index (χ4v) is 2.70. The highest BCUT2D eigenvalue weighted by atomic mass is 32.2. The quantitative estimate of drug-likeness (QED) is 0.730. The zero-order valence-corrected chi connectivity index (χ0v) is 10.2. The van der Waals surface area contributed by atoms with E-state index in [9.17, 15) is 9.90 Å². The number of aliphatic hydroxyl groups excluding tert-OH is 1. The van der Waals surface area contributed by atoms with E-state index in [1.54, 1.807) is 11.8 Å². The van der Waals surface area contributed by atoms with E-state index in [0.29, 0.717) is 0 Å². The van der Waals surface area contributed by atoms with Crippen molar-refractivity contribution < 1.29 is 9.90 Å². The monoisotopic (exact) mass is 252 g/mol. The molecule has 1 aliphatic rings. The van der Waals surface area contributed by atoms with Gasteiger partial charge in [0.2, 0.25) is 5.91 Å². The number of carbonyl (C=O) groups excluding carboxylic acids is 1. The first kappa shape index (κ1) is 12.4.